The molecule has 10 heavy (non-hydrogen) atoms. The molecule has 0 heterocycles. The van der Waals surface area contributed by atoms with Crippen molar-refractivity contribution in [2.75, 3.05) is 6.54 Å². The van der Waals surface area contributed by atoms with Gasteiger partial charge in [-0.25, -0.2) is 0 Å². The summed E-state index contributed by atoms with van der Waals surface area (Å²) in [5, 5.41) is 2.62. The molecule has 0 aromatic heterocycles. The van der Waals surface area contributed by atoms with E-state index in [1.807, 2.05) is 6.92 Å². The fraction of sp³-hybridized carbons (Fsp3) is 1.00. The van der Waals surface area contributed by atoms with Crippen molar-refractivity contribution in [2.24, 2.45) is 0 Å². The molecule has 0 aliphatic rings. The van der Waals surface area contributed by atoms with Crippen LogP contribution in [0.1, 0.15) is 20.3 Å². The highest BCUT2D eigenvalue weighted by molar-refractivity contribution is 6.51. The minimum Gasteiger partial charge on any atom is -0.285 e. The van der Waals surface area contributed by atoms with Crippen molar-refractivity contribution in [2.45, 2.75) is 30.1 Å². The first-order valence-corrected chi connectivity index (χ1v) is 4.47. The van der Waals surface area contributed by atoms with Gasteiger partial charge in [-0.15, -0.1) is 11.6 Å². The van der Waals surface area contributed by atoms with Crippen LogP contribution in [0.3, 0.4) is 0 Å². The number of halogens is 3. The number of nitrogens with one attached hydrogen (secondary N) is 1. The van der Waals surface area contributed by atoms with Crippen molar-refractivity contribution in [1.82, 2.24) is 5.32 Å². The van der Waals surface area contributed by atoms with Crippen LogP contribution in [0, 0.1) is 0 Å². The third-order valence-electron chi connectivity index (χ3n) is 1.11. The third-order valence-corrected chi connectivity index (χ3v) is 2.58. The van der Waals surface area contributed by atoms with Gasteiger partial charge in [0, 0.05) is 0 Å². The lowest BCUT2D eigenvalue weighted by atomic mass is 10.4. The van der Waals surface area contributed by atoms with E-state index in [0.717, 1.165) is 13.0 Å². The van der Waals surface area contributed by atoms with Crippen LogP contribution in [-0.2, 0) is 0 Å². The molecule has 0 fully saturated rings. The second kappa shape index (κ2) is 4.66. The van der Waals surface area contributed by atoms with E-state index in [0.29, 0.717) is 0 Å². The van der Waals surface area contributed by atoms with Crippen molar-refractivity contribution < 1.29 is 0 Å². The highest BCUT2D eigenvalue weighted by Crippen LogP contribution is 2.25. The van der Waals surface area contributed by atoms with Crippen LogP contribution in [0.25, 0.3) is 0 Å². The van der Waals surface area contributed by atoms with Crippen LogP contribution < -0.4 is 5.32 Å². The fourth-order valence-electron chi connectivity index (χ4n) is 0.432. The first kappa shape index (κ1) is 10.8. The van der Waals surface area contributed by atoms with Crippen molar-refractivity contribution >= 4 is 34.8 Å². The molecule has 0 aromatic carbocycles. The van der Waals surface area contributed by atoms with Crippen molar-refractivity contribution in [3.8, 4) is 0 Å². The summed E-state index contributed by atoms with van der Waals surface area (Å²) in [4.78, 5) is 0. The van der Waals surface area contributed by atoms with Crippen LogP contribution in [0.15, 0.2) is 0 Å². The van der Waals surface area contributed by atoms with Gasteiger partial charge in [-0.3, -0.25) is 5.32 Å². The fourth-order valence-corrected chi connectivity index (χ4v) is 0.698. The predicted molar refractivity (Wildman–Crippen MR) is 48.0 cm³/mol. The molecule has 1 N–H and O–H groups in total. The van der Waals surface area contributed by atoms with Crippen molar-refractivity contribution in [3.63, 3.8) is 0 Å². The normalized spacial score (nSPS) is 15.3. The van der Waals surface area contributed by atoms with Crippen LogP contribution >= 0.6 is 34.8 Å². The van der Waals surface area contributed by atoms with Gasteiger partial charge in [0.05, 0.1) is 5.38 Å². The lowest BCUT2D eigenvalue weighted by Gasteiger charge is -2.23. The molecule has 0 aliphatic heterocycles. The standard InChI is InChI=1S/C6H12Cl3N/c1-3-4-10-6(8,9)5(2)7/h5,10H,3-4H2,1-2H3. The number of hydrogen-bond donors (Lipinski definition) is 1. The third kappa shape index (κ3) is 3.87. The zero-order valence-electron chi connectivity index (χ0n) is 6.13. The molecular formula is C6H12Cl3N. The maximum atomic E-state index is 5.77. The molecular weight excluding hydrogens is 192 g/mol. The molecule has 1 atom stereocenters. The number of hydrogen-bond acceptors (Lipinski definition) is 1. The Balaban J connectivity index is 3.63. The second-order valence-electron chi connectivity index (χ2n) is 2.17. The Labute approximate surface area is 77.0 Å². The molecule has 0 spiro atoms. The summed E-state index contributed by atoms with van der Waals surface area (Å²) in [6.07, 6.45) is 0.991. The van der Waals surface area contributed by atoms with Crippen LogP contribution in [-0.4, -0.2) is 16.4 Å². The number of rotatable bonds is 4. The molecule has 0 bridgehead atoms. The maximum absolute atomic E-state index is 5.77. The summed E-state index contributed by atoms with van der Waals surface area (Å²) in [5.74, 6) is 0. The van der Waals surface area contributed by atoms with E-state index < -0.39 is 4.46 Å². The van der Waals surface area contributed by atoms with E-state index in [1.54, 1.807) is 6.92 Å². The van der Waals surface area contributed by atoms with E-state index in [2.05, 4.69) is 5.32 Å². The summed E-state index contributed by atoms with van der Waals surface area (Å²) in [7, 11) is 0. The minimum atomic E-state index is -0.989. The molecule has 0 amide bonds. The average Bonchev–Trinajstić information content (AvgIpc) is 1.84. The van der Waals surface area contributed by atoms with Gasteiger partial charge in [-0.1, -0.05) is 30.1 Å². The molecule has 62 valence electrons. The van der Waals surface area contributed by atoms with Gasteiger partial charge in [0.2, 0.25) is 0 Å². The summed E-state index contributed by atoms with van der Waals surface area (Å²) < 4.78 is -0.989. The molecule has 0 saturated carbocycles. The molecule has 4 heteroatoms. The minimum absolute atomic E-state index is 0.289. The maximum Gasteiger partial charge on any atom is 0.184 e. The Hall–Kier alpha value is 0.830. The lowest BCUT2D eigenvalue weighted by molar-refractivity contribution is 0.575. The van der Waals surface area contributed by atoms with Crippen molar-refractivity contribution in [1.29, 1.82) is 0 Å². The Kier molecular flexibility index (Phi) is 5.04. The monoisotopic (exact) mass is 203 g/mol. The lowest BCUT2D eigenvalue weighted by Crippen LogP contribution is -2.41. The highest BCUT2D eigenvalue weighted by Gasteiger charge is 2.28. The van der Waals surface area contributed by atoms with E-state index in [-0.39, 0.29) is 5.38 Å². The topological polar surface area (TPSA) is 12.0 Å². The predicted octanol–water partition coefficient (Wildman–Crippen LogP) is 2.74. The number of alkyl halides is 3. The largest absolute Gasteiger partial charge is 0.285 e. The zero-order chi connectivity index (χ0) is 8.20. The molecule has 1 unspecified atom stereocenters. The van der Waals surface area contributed by atoms with E-state index in [4.69, 9.17) is 34.8 Å². The van der Waals surface area contributed by atoms with Gasteiger partial charge < -0.3 is 0 Å². The summed E-state index contributed by atoms with van der Waals surface area (Å²) in [5.41, 5.74) is 0. The van der Waals surface area contributed by atoms with Crippen LogP contribution in [0.4, 0.5) is 0 Å². The Morgan fingerprint density at radius 2 is 2.00 bits per heavy atom. The van der Waals surface area contributed by atoms with Crippen molar-refractivity contribution in [3.05, 3.63) is 0 Å². The average molecular weight is 205 g/mol. The zero-order valence-corrected chi connectivity index (χ0v) is 8.39. The SMILES string of the molecule is CCCNC(Cl)(Cl)C(C)Cl. The highest BCUT2D eigenvalue weighted by atomic mass is 35.5. The molecule has 0 aliphatic carbocycles. The first-order valence-electron chi connectivity index (χ1n) is 3.27. The van der Waals surface area contributed by atoms with Gasteiger partial charge in [0.1, 0.15) is 0 Å². The summed E-state index contributed by atoms with van der Waals surface area (Å²) in [6, 6.07) is 0. The summed E-state index contributed by atoms with van der Waals surface area (Å²) >= 11 is 17.2. The smallest absolute Gasteiger partial charge is 0.184 e. The van der Waals surface area contributed by atoms with Gasteiger partial charge in [0.25, 0.3) is 0 Å². The Bertz CT molecular complexity index is 93.0. The van der Waals surface area contributed by atoms with Gasteiger partial charge in [-0.05, 0) is 19.9 Å². The van der Waals surface area contributed by atoms with Gasteiger partial charge in [-0.2, -0.15) is 0 Å². The molecule has 0 rings (SSSR count). The van der Waals surface area contributed by atoms with Crippen LogP contribution in [0.5, 0.6) is 0 Å². The Morgan fingerprint density at radius 3 is 2.30 bits per heavy atom. The van der Waals surface area contributed by atoms with Crippen LogP contribution in [0.2, 0.25) is 0 Å². The molecule has 0 saturated heterocycles. The second-order valence-corrected chi connectivity index (χ2v) is 4.21. The molecule has 1 nitrogen and oxygen atoms in total. The first-order chi connectivity index (χ1) is 4.50. The van der Waals surface area contributed by atoms with E-state index in [1.165, 1.54) is 0 Å². The molecule has 0 aromatic rings. The van der Waals surface area contributed by atoms with E-state index >= 15 is 0 Å². The Morgan fingerprint density at radius 1 is 1.50 bits per heavy atom. The summed E-state index contributed by atoms with van der Waals surface area (Å²) in [6.45, 7) is 4.57. The van der Waals surface area contributed by atoms with Gasteiger partial charge in [0.15, 0.2) is 4.46 Å². The quantitative estimate of drug-likeness (QED) is 0.548. The molecule has 0 radical (unpaired) electrons. The van der Waals surface area contributed by atoms with E-state index in [9.17, 15) is 0 Å². The van der Waals surface area contributed by atoms with Gasteiger partial charge >= 0.3 is 0 Å².